The first kappa shape index (κ1) is 12.9. The summed E-state index contributed by atoms with van der Waals surface area (Å²) in [6.45, 7) is 1.96. The Morgan fingerprint density at radius 1 is 1.21 bits per heavy atom. The number of rotatable bonds is 1. The zero-order chi connectivity index (χ0) is 13.6. The Hall–Kier alpha value is -1.16. The molecule has 1 aromatic rings. The molecule has 0 unspecified atom stereocenters. The molecule has 2 aliphatic rings. The van der Waals surface area contributed by atoms with Crippen molar-refractivity contribution < 1.29 is 9.59 Å². The van der Waals surface area contributed by atoms with Crippen LogP contribution in [0, 0.1) is 12.3 Å². The Labute approximate surface area is 121 Å². The number of benzene rings is 1. The molecule has 4 heteroatoms. The first-order valence-electron chi connectivity index (χ1n) is 6.68. The zero-order valence-corrected chi connectivity index (χ0v) is 12.5. The highest BCUT2D eigenvalue weighted by Crippen LogP contribution is 2.48. The van der Waals surface area contributed by atoms with Gasteiger partial charge in [-0.1, -0.05) is 25.0 Å². The topological polar surface area (TPSA) is 37.4 Å². The second kappa shape index (κ2) is 4.44. The van der Waals surface area contributed by atoms with Crippen LogP contribution in [0.2, 0.25) is 0 Å². The first-order valence-corrected chi connectivity index (χ1v) is 7.47. The molecule has 1 spiro atoms. The van der Waals surface area contributed by atoms with E-state index in [1.165, 1.54) is 4.90 Å². The maximum Gasteiger partial charge on any atom is 0.240 e. The number of imide groups is 1. The predicted molar refractivity (Wildman–Crippen MR) is 76.9 cm³/mol. The lowest BCUT2D eigenvalue weighted by Gasteiger charge is -2.22. The molecule has 2 fully saturated rings. The average molecular weight is 322 g/mol. The van der Waals surface area contributed by atoms with E-state index in [1.54, 1.807) is 0 Å². The van der Waals surface area contributed by atoms with E-state index >= 15 is 0 Å². The fourth-order valence-electron chi connectivity index (χ4n) is 3.29. The van der Waals surface area contributed by atoms with Gasteiger partial charge in [-0.05, 0) is 47.3 Å². The van der Waals surface area contributed by atoms with Gasteiger partial charge in [-0.15, -0.1) is 0 Å². The van der Waals surface area contributed by atoms with Gasteiger partial charge in [-0.3, -0.25) is 9.59 Å². The third kappa shape index (κ3) is 1.84. The molecule has 0 radical (unpaired) electrons. The van der Waals surface area contributed by atoms with Crippen molar-refractivity contribution in [2.45, 2.75) is 39.0 Å². The largest absolute Gasteiger partial charge is 0.274 e. The van der Waals surface area contributed by atoms with Crippen LogP contribution in [0.15, 0.2) is 22.7 Å². The predicted octanol–water partition coefficient (Wildman–Crippen LogP) is 3.58. The highest BCUT2D eigenvalue weighted by molar-refractivity contribution is 9.10. The summed E-state index contributed by atoms with van der Waals surface area (Å²) in [7, 11) is 0. The molecule has 2 amide bonds. The number of hydrogen-bond acceptors (Lipinski definition) is 2. The van der Waals surface area contributed by atoms with Crippen LogP contribution in [0.25, 0.3) is 0 Å². The quantitative estimate of drug-likeness (QED) is 0.741. The monoisotopic (exact) mass is 321 g/mol. The Morgan fingerprint density at radius 2 is 1.89 bits per heavy atom. The van der Waals surface area contributed by atoms with Crippen LogP contribution >= 0.6 is 15.9 Å². The number of carbonyl (C=O) groups is 2. The number of halogens is 1. The molecule has 100 valence electrons. The van der Waals surface area contributed by atoms with Crippen LogP contribution < -0.4 is 4.90 Å². The van der Waals surface area contributed by atoms with Crippen molar-refractivity contribution in [3.63, 3.8) is 0 Å². The van der Waals surface area contributed by atoms with Crippen molar-refractivity contribution in [1.82, 2.24) is 0 Å². The van der Waals surface area contributed by atoms with E-state index < -0.39 is 5.41 Å². The summed E-state index contributed by atoms with van der Waals surface area (Å²) in [5.41, 5.74) is 1.32. The fourth-order valence-corrected chi connectivity index (χ4v) is 3.73. The van der Waals surface area contributed by atoms with Crippen molar-refractivity contribution in [2.75, 3.05) is 4.90 Å². The summed E-state index contributed by atoms with van der Waals surface area (Å²) in [5.74, 6) is -0.0560. The SMILES string of the molecule is Cc1cccc(N2C(=O)CC3(CCCC3)C2=O)c1Br. The maximum absolute atomic E-state index is 12.7. The summed E-state index contributed by atoms with van der Waals surface area (Å²) in [5, 5.41) is 0. The molecular weight excluding hydrogens is 306 g/mol. The van der Waals surface area contributed by atoms with Gasteiger partial charge in [-0.2, -0.15) is 0 Å². The van der Waals surface area contributed by atoms with E-state index in [0.29, 0.717) is 12.1 Å². The Balaban J connectivity index is 2.04. The first-order chi connectivity index (χ1) is 9.05. The van der Waals surface area contributed by atoms with E-state index in [2.05, 4.69) is 15.9 Å². The van der Waals surface area contributed by atoms with Crippen molar-refractivity contribution in [3.05, 3.63) is 28.2 Å². The lowest BCUT2D eigenvalue weighted by atomic mass is 9.84. The highest BCUT2D eigenvalue weighted by Gasteiger charge is 2.53. The minimum absolute atomic E-state index is 0.00120. The van der Waals surface area contributed by atoms with Gasteiger partial charge < -0.3 is 0 Å². The van der Waals surface area contributed by atoms with Crippen molar-refractivity contribution in [2.24, 2.45) is 5.41 Å². The van der Waals surface area contributed by atoms with Gasteiger partial charge in [0.05, 0.1) is 11.1 Å². The number of nitrogens with zero attached hydrogens (tertiary/aromatic N) is 1. The number of hydrogen-bond donors (Lipinski definition) is 0. The van der Waals surface area contributed by atoms with Crippen LogP contribution in [0.1, 0.15) is 37.7 Å². The van der Waals surface area contributed by atoms with Gasteiger partial charge in [0.2, 0.25) is 11.8 Å². The van der Waals surface area contributed by atoms with Gasteiger partial charge in [0.25, 0.3) is 0 Å². The molecule has 1 saturated heterocycles. The van der Waals surface area contributed by atoms with E-state index in [1.807, 2.05) is 25.1 Å². The molecule has 0 bridgehead atoms. The molecular formula is C15H16BrNO2. The molecule has 0 atom stereocenters. The standard InChI is InChI=1S/C15H16BrNO2/c1-10-5-4-6-11(13(10)16)17-12(18)9-15(14(17)19)7-2-3-8-15/h4-6H,2-3,7-9H2,1H3. The lowest BCUT2D eigenvalue weighted by molar-refractivity contribution is -0.125. The second-order valence-electron chi connectivity index (χ2n) is 5.61. The molecule has 0 N–H and O–H groups in total. The Kier molecular flexibility index (Phi) is 3.01. The van der Waals surface area contributed by atoms with Gasteiger partial charge in [0.1, 0.15) is 0 Å². The second-order valence-corrected chi connectivity index (χ2v) is 6.40. The number of carbonyl (C=O) groups excluding carboxylic acids is 2. The summed E-state index contributed by atoms with van der Waals surface area (Å²) >= 11 is 3.50. The molecule has 19 heavy (non-hydrogen) atoms. The van der Waals surface area contributed by atoms with E-state index in [-0.39, 0.29) is 11.8 Å². The summed E-state index contributed by atoms with van der Waals surface area (Å²) in [4.78, 5) is 26.4. The molecule has 3 nitrogen and oxygen atoms in total. The lowest BCUT2D eigenvalue weighted by Crippen LogP contribution is -2.34. The van der Waals surface area contributed by atoms with Crippen molar-refractivity contribution in [3.8, 4) is 0 Å². The van der Waals surface area contributed by atoms with Crippen molar-refractivity contribution >= 4 is 33.4 Å². The fraction of sp³-hybridized carbons (Fsp3) is 0.467. The van der Waals surface area contributed by atoms with E-state index in [9.17, 15) is 9.59 Å². The molecule has 1 heterocycles. The van der Waals surface area contributed by atoms with Gasteiger partial charge in [0, 0.05) is 10.9 Å². The van der Waals surface area contributed by atoms with Crippen LogP contribution in [-0.2, 0) is 9.59 Å². The smallest absolute Gasteiger partial charge is 0.240 e. The summed E-state index contributed by atoms with van der Waals surface area (Å²) < 4.78 is 0.840. The van der Waals surface area contributed by atoms with Crippen LogP contribution in [0.4, 0.5) is 5.69 Å². The average Bonchev–Trinajstić information content (AvgIpc) is 2.92. The third-order valence-corrected chi connectivity index (χ3v) is 5.40. The van der Waals surface area contributed by atoms with Gasteiger partial charge in [-0.25, -0.2) is 4.90 Å². The van der Waals surface area contributed by atoms with E-state index in [0.717, 1.165) is 35.7 Å². The molecule has 3 rings (SSSR count). The maximum atomic E-state index is 12.7. The highest BCUT2D eigenvalue weighted by atomic mass is 79.9. The minimum Gasteiger partial charge on any atom is -0.274 e. The van der Waals surface area contributed by atoms with Gasteiger partial charge in [0.15, 0.2) is 0 Å². The molecule has 1 aromatic carbocycles. The summed E-state index contributed by atoms with van der Waals surface area (Å²) in [6.07, 6.45) is 4.21. The number of amides is 2. The van der Waals surface area contributed by atoms with Crippen LogP contribution in [0.5, 0.6) is 0 Å². The third-order valence-electron chi connectivity index (χ3n) is 4.37. The van der Waals surface area contributed by atoms with Crippen LogP contribution in [-0.4, -0.2) is 11.8 Å². The van der Waals surface area contributed by atoms with Crippen LogP contribution in [0.3, 0.4) is 0 Å². The van der Waals surface area contributed by atoms with Crippen molar-refractivity contribution in [1.29, 1.82) is 0 Å². The number of anilines is 1. The minimum atomic E-state index is -0.403. The van der Waals surface area contributed by atoms with E-state index in [4.69, 9.17) is 0 Å². The normalized spacial score (nSPS) is 21.7. The van der Waals surface area contributed by atoms with Gasteiger partial charge >= 0.3 is 0 Å². The Morgan fingerprint density at radius 3 is 2.58 bits per heavy atom. The zero-order valence-electron chi connectivity index (χ0n) is 10.9. The Bertz CT molecular complexity index is 561. The number of aryl methyl sites for hydroxylation is 1. The molecule has 0 aromatic heterocycles. The molecule has 1 aliphatic carbocycles. The molecule has 1 aliphatic heterocycles. The molecule has 1 saturated carbocycles. The summed E-state index contributed by atoms with van der Waals surface area (Å²) in [6, 6.07) is 5.68.